The fourth-order valence-corrected chi connectivity index (χ4v) is 7.02. The first-order valence-corrected chi connectivity index (χ1v) is 25.3. The molecular formula is C54H94O6. The maximum absolute atomic E-state index is 12.7. The maximum Gasteiger partial charge on any atom is 0.309 e. The molecule has 0 aromatic heterocycles. The molecular weight excluding hydrogens is 745 g/mol. The van der Waals surface area contributed by atoms with E-state index in [-0.39, 0.29) is 31.6 Å². The van der Waals surface area contributed by atoms with Crippen LogP contribution in [0, 0.1) is 0 Å². The van der Waals surface area contributed by atoms with Crippen LogP contribution >= 0.6 is 0 Å². The number of allylic oxidation sites excluding steroid dienone is 9. The summed E-state index contributed by atoms with van der Waals surface area (Å²) < 4.78 is 16.6. The molecule has 346 valence electrons. The fraction of sp³-hybridized carbons (Fsp3) is 0.759. The predicted molar refractivity (Wildman–Crippen MR) is 256 cm³/mol. The molecule has 6 nitrogen and oxygen atoms in total. The number of hydrogen-bond donors (Lipinski definition) is 0. The van der Waals surface area contributed by atoms with E-state index in [2.05, 4.69) is 69.4 Å². The summed E-state index contributed by atoms with van der Waals surface area (Å²) in [5.41, 5.74) is 0. The van der Waals surface area contributed by atoms with Crippen molar-refractivity contribution in [3.05, 3.63) is 60.8 Å². The summed E-state index contributed by atoms with van der Waals surface area (Å²) in [6.45, 7) is 6.39. The van der Waals surface area contributed by atoms with Gasteiger partial charge in [0.2, 0.25) is 0 Å². The Hall–Kier alpha value is -2.89. The van der Waals surface area contributed by atoms with Crippen molar-refractivity contribution in [2.24, 2.45) is 0 Å². The molecule has 0 aliphatic carbocycles. The number of unbranched alkanes of at least 4 members (excludes halogenated alkanes) is 26. The summed E-state index contributed by atoms with van der Waals surface area (Å²) in [7, 11) is 0. The predicted octanol–water partition coefficient (Wildman–Crippen LogP) is 16.5. The number of carbonyl (C=O) groups is 3. The van der Waals surface area contributed by atoms with Gasteiger partial charge in [0.25, 0.3) is 0 Å². The van der Waals surface area contributed by atoms with E-state index >= 15 is 0 Å². The van der Waals surface area contributed by atoms with Crippen molar-refractivity contribution in [2.75, 3.05) is 13.2 Å². The second kappa shape index (κ2) is 48.8. The standard InChI is InChI=1S/C54H94O6/c1-4-7-10-13-16-19-21-23-25-26-27-29-30-32-35-38-41-44-47-53(56)59-50-51(49-58-52(55)46-43-40-37-34-18-15-12-9-6-3)60-54(57)48-45-42-39-36-33-31-28-24-22-20-17-14-11-8-5-2/h9,12,17-18,20,22,24,34,40,43,51H,4-8,10-11,13-16,19,21,23,25-33,35-39,41-42,44-50H2,1-3H3/b12-9-,20-17-,24-22-,34-18-,43-40-. The van der Waals surface area contributed by atoms with Gasteiger partial charge in [-0.05, 0) is 57.8 Å². The molecule has 0 aromatic rings. The third-order valence-electron chi connectivity index (χ3n) is 10.8. The quantitative estimate of drug-likeness (QED) is 0.0200. The van der Waals surface area contributed by atoms with Crippen LogP contribution in [0.2, 0.25) is 0 Å². The maximum atomic E-state index is 12.7. The minimum atomic E-state index is -0.812. The van der Waals surface area contributed by atoms with Crippen molar-refractivity contribution in [3.8, 4) is 0 Å². The van der Waals surface area contributed by atoms with Crippen LogP contribution in [0.4, 0.5) is 0 Å². The topological polar surface area (TPSA) is 78.9 Å². The van der Waals surface area contributed by atoms with Gasteiger partial charge in [0.1, 0.15) is 13.2 Å². The second-order valence-electron chi connectivity index (χ2n) is 16.7. The van der Waals surface area contributed by atoms with Gasteiger partial charge in [0, 0.05) is 12.8 Å². The smallest absolute Gasteiger partial charge is 0.309 e. The lowest BCUT2D eigenvalue weighted by molar-refractivity contribution is -0.166. The molecule has 0 N–H and O–H groups in total. The Balaban J connectivity index is 4.35. The minimum Gasteiger partial charge on any atom is -0.462 e. The first-order valence-electron chi connectivity index (χ1n) is 25.3. The van der Waals surface area contributed by atoms with Crippen LogP contribution in [-0.2, 0) is 28.6 Å². The Morgan fingerprint density at radius 3 is 1.23 bits per heavy atom. The molecule has 0 saturated heterocycles. The van der Waals surface area contributed by atoms with Crippen molar-refractivity contribution >= 4 is 17.9 Å². The van der Waals surface area contributed by atoms with E-state index in [1.807, 2.05) is 6.08 Å². The third kappa shape index (κ3) is 46.2. The molecule has 1 unspecified atom stereocenters. The number of carbonyl (C=O) groups excluding carboxylic acids is 3. The van der Waals surface area contributed by atoms with Gasteiger partial charge >= 0.3 is 17.9 Å². The summed E-state index contributed by atoms with van der Waals surface area (Å²) >= 11 is 0. The van der Waals surface area contributed by atoms with Crippen molar-refractivity contribution in [3.63, 3.8) is 0 Å². The molecule has 60 heavy (non-hydrogen) atoms. The van der Waals surface area contributed by atoms with Crippen LogP contribution in [0.3, 0.4) is 0 Å². The van der Waals surface area contributed by atoms with Gasteiger partial charge in [-0.1, -0.05) is 229 Å². The van der Waals surface area contributed by atoms with Crippen molar-refractivity contribution < 1.29 is 28.6 Å². The summed E-state index contributed by atoms with van der Waals surface area (Å²) in [6, 6.07) is 0. The van der Waals surface area contributed by atoms with Gasteiger partial charge in [-0.15, -0.1) is 0 Å². The van der Waals surface area contributed by atoms with Gasteiger partial charge in [0.05, 0.1) is 6.42 Å². The highest BCUT2D eigenvalue weighted by Gasteiger charge is 2.19. The van der Waals surface area contributed by atoms with Gasteiger partial charge < -0.3 is 14.2 Å². The molecule has 0 amide bonds. The average Bonchev–Trinajstić information content (AvgIpc) is 3.24. The lowest BCUT2D eigenvalue weighted by Crippen LogP contribution is -2.30. The molecule has 0 bridgehead atoms. The molecule has 0 rings (SSSR count). The molecule has 0 spiro atoms. The second-order valence-corrected chi connectivity index (χ2v) is 16.7. The van der Waals surface area contributed by atoms with Crippen LogP contribution in [0.15, 0.2) is 60.8 Å². The molecule has 1 atom stereocenters. The fourth-order valence-electron chi connectivity index (χ4n) is 7.02. The molecule has 6 heteroatoms. The van der Waals surface area contributed by atoms with Crippen LogP contribution in [0.1, 0.15) is 245 Å². The molecule has 0 saturated carbocycles. The highest BCUT2D eigenvalue weighted by Crippen LogP contribution is 2.15. The summed E-state index contributed by atoms with van der Waals surface area (Å²) in [5.74, 6) is -1.04. The number of hydrogen-bond acceptors (Lipinski definition) is 6. The lowest BCUT2D eigenvalue weighted by atomic mass is 10.0. The van der Waals surface area contributed by atoms with Gasteiger partial charge in [-0.3, -0.25) is 14.4 Å². The largest absolute Gasteiger partial charge is 0.462 e. The Labute approximate surface area is 370 Å². The average molecular weight is 839 g/mol. The Kier molecular flexibility index (Phi) is 46.4. The molecule has 0 aromatic carbocycles. The SMILES string of the molecule is CC/C=C\C/C=C\C/C=C\CC(=O)OCC(COC(=O)CCCCCCCCCCCCCCCCCCCC)OC(=O)CCCCCCCC/C=C\C=C/CCCCC. The zero-order valence-corrected chi connectivity index (χ0v) is 39.5. The molecule has 0 heterocycles. The molecule has 0 fully saturated rings. The molecule has 0 aliphatic heterocycles. The van der Waals surface area contributed by atoms with Crippen LogP contribution in [0.25, 0.3) is 0 Å². The third-order valence-corrected chi connectivity index (χ3v) is 10.8. The van der Waals surface area contributed by atoms with E-state index in [0.717, 1.165) is 70.6 Å². The summed E-state index contributed by atoms with van der Waals surface area (Å²) in [6.07, 6.45) is 59.6. The van der Waals surface area contributed by atoms with E-state index < -0.39 is 12.1 Å². The minimum absolute atomic E-state index is 0.104. The van der Waals surface area contributed by atoms with Crippen molar-refractivity contribution in [2.45, 2.75) is 252 Å². The number of esters is 3. The first kappa shape index (κ1) is 57.1. The van der Waals surface area contributed by atoms with Crippen LogP contribution in [0.5, 0.6) is 0 Å². The van der Waals surface area contributed by atoms with Crippen LogP contribution < -0.4 is 0 Å². The number of rotatable bonds is 45. The van der Waals surface area contributed by atoms with Gasteiger partial charge in [0.15, 0.2) is 6.10 Å². The van der Waals surface area contributed by atoms with Crippen molar-refractivity contribution in [1.29, 1.82) is 0 Å². The number of ether oxygens (including phenoxy) is 3. The monoisotopic (exact) mass is 839 g/mol. The van der Waals surface area contributed by atoms with Crippen molar-refractivity contribution in [1.82, 2.24) is 0 Å². The van der Waals surface area contributed by atoms with E-state index in [1.165, 1.54) is 135 Å². The highest BCUT2D eigenvalue weighted by molar-refractivity contribution is 5.72. The zero-order valence-electron chi connectivity index (χ0n) is 39.5. The Morgan fingerprint density at radius 2 is 0.750 bits per heavy atom. The summed E-state index contributed by atoms with van der Waals surface area (Å²) in [5, 5.41) is 0. The van der Waals surface area contributed by atoms with E-state index in [4.69, 9.17) is 14.2 Å². The highest BCUT2D eigenvalue weighted by atomic mass is 16.6. The summed E-state index contributed by atoms with van der Waals surface area (Å²) in [4.78, 5) is 37.8. The molecule has 0 radical (unpaired) electrons. The lowest BCUT2D eigenvalue weighted by Gasteiger charge is -2.18. The van der Waals surface area contributed by atoms with Crippen LogP contribution in [-0.4, -0.2) is 37.2 Å². The normalized spacial score (nSPS) is 12.5. The van der Waals surface area contributed by atoms with Gasteiger partial charge in [-0.2, -0.15) is 0 Å². The molecule has 0 aliphatic rings. The first-order chi connectivity index (χ1) is 29.5. The van der Waals surface area contributed by atoms with E-state index in [0.29, 0.717) is 12.8 Å². The van der Waals surface area contributed by atoms with E-state index in [1.54, 1.807) is 6.08 Å². The Morgan fingerprint density at radius 1 is 0.383 bits per heavy atom. The zero-order chi connectivity index (χ0) is 43.7. The van der Waals surface area contributed by atoms with Gasteiger partial charge in [-0.25, -0.2) is 0 Å². The Bertz CT molecular complexity index is 1100. The van der Waals surface area contributed by atoms with E-state index in [9.17, 15) is 14.4 Å².